The Labute approximate surface area is 172 Å². The molecule has 0 aliphatic carbocycles. The molecule has 29 heavy (non-hydrogen) atoms. The average molecular weight is 386 g/mol. The van der Waals surface area contributed by atoms with Crippen LogP contribution in [0.15, 0.2) is 60.7 Å². The van der Waals surface area contributed by atoms with E-state index in [9.17, 15) is 0 Å². The summed E-state index contributed by atoms with van der Waals surface area (Å²) < 4.78 is 13.1. The van der Waals surface area contributed by atoms with Crippen LogP contribution in [0.1, 0.15) is 31.9 Å². The number of rotatable bonds is 3. The molecule has 0 saturated heterocycles. The number of nitrogens with zero attached hydrogens (tertiary/aromatic N) is 1. The summed E-state index contributed by atoms with van der Waals surface area (Å²) in [5, 5.41) is 2.49. The van der Waals surface area contributed by atoms with Crippen molar-refractivity contribution in [1.82, 2.24) is 0 Å². The number of hydrogen-bond acceptors (Lipinski definition) is 3. The SMILES string of the molecule is CCN(CC)c1ccc2c(c1)OC1(C=C2)Cc2c(ccc3ccccc23)OC1C. The van der Waals surface area contributed by atoms with Crippen LogP contribution in [0.3, 0.4) is 0 Å². The van der Waals surface area contributed by atoms with Gasteiger partial charge in [-0.15, -0.1) is 0 Å². The molecule has 0 amide bonds. The fourth-order valence-electron chi connectivity index (χ4n) is 4.64. The summed E-state index contributed by atoms with van der Waals surface area (Å²) in [5.74, 6) is 1.91. The third kappa shape index (κ3) is 2.88. The van der Waals surface area contributed by atoms with Gasteiger partial charge in [0.2, 0.25) is 0 Å². The van der Waals surface area contributed by atoms with E-state index in [0.717, 1.165) is 36.6 Å². The average Bonchev–Trinajstić information content (AvgIpc) is 2.75. The zero-order chi connectivity index (χ0) is 20.0. The molecule has 3 aromatic carbocycles. The van der Waals surface area contributed by atoms with E-state index < -0.39 is 5.60 Å². The lowest BCUT2D eigenvalue weighted by Crippen LogP contribution is -2.52. The van der Waals surface area contributed by atoms with Gasteiger partial charge in [0.15, 0.2) is 5.60 Å². The Kier molecular flexibility index (Phi) is 4.27. The maximum atomic E-state index is 6.72. The third-order valence-electron chi connectivity index (χ3n) is 6.41. The van der Waals surface area contributed by atoms with Crippen molar-refractivity contribution in [2.24, 2.45) is 0 Å². The number of anilines is 1. The highest BCUT2D eigenvalue weighted by atomic mass is 16.6. The van der Waals surface area contributed by atoms with Crippen LogP contribution in [0.5, 0.6) is 11.5 Å². The first-order valence-corrected chi connectivity index (χ1v) is 10.6. The summed E-state index contributed by atoms with van der Waals surface area (Å²) in [6, 6.07) is 19.3. The first-order chi connectivity index (χ1) is 14.1. The largest absolute Gasteiger partial charge is 0.486 e. The first-order valence-electron chi connectivity index (χ1n) is 10.6. The van der Waals surface area contributed by atoms with Crippen LogP contribution < -0.4 is 14.4 Å². The molecule has 0 fully saturated rings. The number of ether oxygens (including phenoxy) is 2. The van der Waals surface area contributed by atoms with E-state index in [4.69, 9.17) is 9.47 Å². The molecule has 3 aromatic rings. The van der Waals surface area contributed by atoms with Crippen LogP contribution in [0.25, 0.3) is 16.8 Å². The molecule has 2 atom stereocenters. The smallest absolute Gasteiger partial charge is 0.168 e. The van der Waals surface area contributed by atoms with Crippen molar-refractivity contribution in [3.8, 4) is 11.5 Å². The zero-order valence-corrected chi connectivity index (χ0v) is 17.3. The van der Waals surface area contributed by atoms with Crippen LogP contribution in [0.4, 0.5) is 5.69 Å². The second-order valence-electron chi connectivity index (χ2n) is 7.99. The molecule has 5 rings (SSSR count). The van der Waals surface area contributed by atoms with Crippen LogP contribution in [0.2, 0.25) is 0 Å². The van der Waals surface area contributed by atoms with Gasteiger partial charge in [-0.1, -0.05) is 36.4 Å². The van der Waals surface area contributed by atoms with Gasteiger partial charge in [0.1, 0.15) is 17.6 Å². The van der Waals surface area contributed by atoms with E-state index in [1.807, 2.05) is 0 Å². The molecule has 148 valence electrons. The molecule has 1 spiro atoms. The van der Waals surface area contributed by atoms with Crippen molar-refractivity contribution >= 4 is 22.5 Å². The highest BCUT2D eigenvalue weighted by Gasteiger charge is 2.44. The molecular weight excluding hydrogens is 358 g/mol. The lowest BCUT2D eigenvalue weighted by atomic mass is 9.82. The molecule has 2 aliphatic rings. The van der Waals surface area contributed by atoms with Gasteiger partial charge in [-0.25, -0.2) is 0 Å². The van der Waals surface area contributed by atoms with Crippen LogP contribution in [-0.2, 0) is 6.42 Å². The Morgan fingerprint density at radius 3 is 2.66 bits per heavy atom. The van der Waals surface area contributed by atoms with Gasteiger partial charge in [-0.05, 0) is 55.8 Å². The van der Waals surface area contributed by atoms with E-state index in [-0.39, 0.29) is 6.10 Å². The fraction of sp³-hybridized carbons (Fsp3) is 0.308. The maximum Gasteiger partial charge on any atom is 0.168 e. The summed E-state index contributed by atoms with van der Waals surface area (Å²) in [5.41, 5.74) is 3.07. The highest BCUT2D eigenvalue weighted by molar-refractivity contribution is 5.88. The minimum absolute atomic E-state index is 0.0716. The van der Waals surface area contributed by atoms with Gasteiger partial charge in [0, 0.05) is 42.4 Å². The van der Waals surface area contributed by atoms with E-state index in [0.29, 0.717) is 0 Å². The lowest BCUT2D eigenvalue weighted by molar-refractivity contribution is -0.00945. The van der Waals surface area contributed by atoms with Gasteiger partial charge >= 0.3 is 0 Å². The Bertz CT molecular complexity index is 1100. The van der Waals surface area contributed by atoms with E-state index in [2.05, 4.69) is 92.4 Å². The number of fused-ring (bicyclic) bond motifs is 4. The topological polar surface area (TPSA) is 21.7 Å². The first kappa shape index (κ1) is 18.1. The molecule has 3 heteroatoms. The standard InChI is InChI=1S/C26H27NO2/c1-4-27(5-2)21-12-10-20-14-15-26(29-25(20)16-21)17-23-22-9-7-6-8-19(22)11-13-24(23)28-18(26)3/h6-16,18H,4-5,17H2,1-3H3. The van der Waals surface area contributed by atoms with Crippen molar-refractivity contribution in [2.75, 3.05) is 18.0 Å². The van der Waals surface area contributed by atoms with Gasteiger partial charge in [0.25, 0.3) is 0 Å². The summed E-state index contributed by atoms with van der Waals surface area (Å²) in [7, 11) is 0. The zero-order valence-electron chi connectivity index (χ0n) is 17.3. The third-order valence-corrected chi connectivity index (χ3v) is 6.41. The number of hydrogen-bond donors (Lipinski definition) is 0. The van der Waals surface area contributed by atoms with Gasteiger partial charge in [-0.2, -0.15) is 0 Å². The fourth-order valence-corrected chi connectivity index (χ4v) is 4.64. The molecule has 2 aliphatic heterocycles. The quantitative estimate of drug-likeness (QED) is 0.564. The molecule has 0 N–H and O–H groups in total. The second kappa shape index (κ2) is 6.84. The van der Waals surface area contributed by atoms with Crippen LogP contribution in [-0.4, -0.2) is 24.8 Å². The molecular formula is C26H27NO2. The molecule has 2 heterocycles. The predicted molar refractivity (Wildman–Crippen MR) is 120 cm³/mol. The summed E-state index contributed by atoms with van der Waals surface area (Å²) in [6.07, 6.45) is 5.12. The van der Waals surface area contributed by atoms with Crippen LogP contribution in [0, 0.1) is 0 Å². The molecule has 0 saturated carbocycles. The Morgan fingerprint density at radius 2 is 1.83 bits per heavy atom. The minimum atomic E-state index is -0.494. The summed E-state index contributed by atoms with van der Waals surface area (Å²) in [6.45, 7) is 8.45. The molecule has 0 aromatic heterocycles. The van der Waals surface area contributed by atoms with Crippen molar-refractivity contribution in [1.29, 1.82) is 0 Å². The number of benzene rings is 3. The molecule has 2 unspecified atom stereocenters. The van der Waals surface area contributed by atoms with Gasteiger partial charge in [0.05, 0.1) is 0 Å². The van der Waals surface area contributed by atoms with Crippen molar-refractivity contribution in [2.45, 2.75) is 38.9 Å². The minimum Gasteiger partial charge on any atom is -0.486 e. The highest BCUT2D eigenvalue weighted by Crippen LogP contribution is 2.44. The van der Waals surface area contributed by atoms with E-state index >= 15 is 0 Å². The monoisotopic (exact) mass is 385 g/mol. The normalized spacial score (nSPS) is 22.0. The Balaban J connectivity index is 1.56. The second-order valence-corrected chi connectivity index (χ2v) is 7.99. The van der Waals surface area contributed by atoms with E-state index in [1.165, 1.54) is 22.0 Å². The van der Waals surface area contributed by atoms with E-state index in [1.54, 1.807) is 0 Å². The Hall–Kier alpha value is -2.94. The van der Waals surface area contributed by atoms with Crippen LogP contribution >= 0.6 is 0 Å². The van der Waals surface area contributed by atoms with Crippen molar-refractivity contribution in [3.63, 3.8) is 0 Å². The van der Waals surface area contributed by atoms with Crippen molar-refractivity contribution in [3.05, 3.63) is 71.8 Å². The Morgan fingerprint density at radius 1 is 1.00 bits per heavy atom. The molecule has 0 bridgehead atoms. The molecule has 0 radical (unpaired) electrons. The summed E-state index contributed by atoms with van der Waals surface area (Å²) in [4.78, 5) is 2.35. The molecule has 3 nitrogen and oxygen atoms in total. The predicted octanol–water partition coefficient (Wildman–Crippen LogP) is 5.85. The van der Waals surface area contributed by atoms with Gasteiger partial charge < -0.3 is 14.4 Å². The summed E-state index contributed by atoms with van der Waals surface area (Å²) >= 11 is 0. The van der Waals surface area contributed by atoms with Crippen molar-refractivity contribution < 1.29 is 9.47 Å². The van der Waals surface area contributed by atoms with Gasteiger partial charge in [-0.3, -0.25) is 0 Å². The maximum absolute atomic E-state index is 6.72. The lowest BCUT2D eigenvalue weighted by Gasteiger charge is -2.43.